The third-order valence-electron chi connectivity index (χ3n) is 4.01. The minimum Gasteiger partial charge on any atom is -0.334 e. The van der Waals surface area contributed by atoms with Gasteiger partial charge in [-0.25, -0.2) is 4.79 Å². The summed E-state index contributed by atoms with van der Waals surface area (Å²) in [5, 5.41) is 5.91. The Hall–Kier alpha value is -2.14. The van der Waals surface area contributed by atoms with Crippen molar-refractivity contribution in [3.05, 3.63) is 65.2 Å². The maximum Gasteiger partial charge on any atom is 0.319 e. The molecule has 2 N–H and O–H groups in total. The van der Waals surface area contributed by atoms with E-state index in [0.717, 1.165) is 24.1 Å². The molecule has 4 nitrogen and oxygen atoms in total. The van der Waals surface area contributed by atoms with Crippen molar-refractivity contribution in [2.75, 3.05) is 11.6 Å². The van der Waals surface area contributed by atoms with Crippen LogP contribution in [0.4, 0.5) is 10.5 Å². The minimum atomic E-state index is -0.944. The number of amides is 2. The Balaban J connectivity index is 1.62. The van der Waals surface area contributed by atoms with Gasteiger partial charge in [-0.15, -0.1) is 0 Å². The number of urea groups is 1. The molecule has 23 heavy (non-hydrogen) atoms. The van der Waals surface area contributed by atoms with E-state index < -0.39 is 10.8 Å². The van der Waals surface area contributed by atoms with E-state index in [0.29, 0.717) is 5.75 Å². The Labute approximate surface area is 138 Å². The van der Waals surface area contributed by atoms with Gasteiger partial charge >= 0.3 is 6.03 Å². The van der Waals surface area contributed by atoms with Crippen LogP contribution in [0.15, 0.2) is 48.5 Å². The van der Waals surface area contributed by atoms with E-state index in [1.54, 1.807) is 6.26 Å². The Bertz CT molecular complexity index is 720. The third-order valence-corrected chi connectivity index (χ3v) is 4.73. The quantitative estimate of drug-likeness (QED) is 0.907. The minimum absolute atomic E-state index is 0.125. The molecular weight excluding hydrogens is 308 g/mol. The lowest BCUT2D eigenvalue weighted by atomic mass is 10.1. The summed E-state index contributed by atoms with van der Waals surface area (Å²) < 4.78 is 11.4. The number of hydrogen-bond donors (Lipinski definition) is 2. The molecular formula is C18H20N2O2S. The normalized spacial score (nSPS) is 15.0. The fourth-order valence-electron chi connectivity index (χ4n) is 2.99. The Morgan fingerprint density at radius 3 is 2.35 bits per heavy atom. The number of anilines is 1. The fourth-order valence-corrected chi connectivity index (χ4v) is 3.68. The van der Waals surface area contributed by atoms with E-state index in [1.165, 1.54) is 11.1 Å². The summed E-state index contributed by atoms with van der Waals surface area (Å²) in [6, 6.07) is 15.7. The summed E-state index contributed by atoms with van der Waals surface area (Å²) in [5.74, 6) is 0.436. The summed E-state index contributed by atoms with van der Waals surface area (Å²) >= 11 is 0. The van der Waals surface area contributed by atoms with Crippen LogP contribution < -0.4 is 10.6 Å². The summed E-state index contributed by atoms with van der Waals surface area (Å²) in [5.41, 5.74) is 4.22. The van der Waals surface area contributed by atoms with Crippen molar-refractivity contribution < 1.29 is 9.00 Å². The van der Waals surface area contributed by atoms with Crippen LogP contribution in [0, 0.1) is 0 Å². The van der Waals surface area contributed by atoms with Crippen LogP contribution >= 0.6 is 0 Å². The van der Waals surface area contributed by atoms with E-state index in [4.69, 9.17) is 0 Å². The smallest absolute Gasteiger partial charge is 0.319 e. The van der Waals surface area contributed by atoms with Gasteiger partial charge in [0.25, 0.3) is 0 Å². The van der Waals surface area contributed by atoms with E-state index in [2.05, 4.69) is 22.8 Å². The molecule has 0 spiro atoms. The molecule has 1 atom stereocenters. The highest BCUT2D eigenvalue weighted by molar-refractivity contribution is 7.83. The van der Waals surface area contributed by atoms with Gasteiger partial charge in [0.05, 0.1) is 5.75 Å². The van der Waals surface area contributed by atoms with Crippen molar-refractivity contribution in [1.29, 1.82) is 0 Å². The first kappa shape index (κ1) is 15.7. The molecule has 0 bridgehead atoms. The first-order valence-electron chi connectivity index (χ1n) is 7.64. The molecule has 3 rings (SSSR count). The number of fused-ring (bicyclic) bond motifs is 1. The molecule has 0 aliphatic heterocycles. The molecule has 0 fully saturated rings. The van der Waals surface area contributed by atoms with Crippen LogP contribution in [0.25, 0.3) is 0 Å². The molecule has 2 aromatic rings. The zero-order valence-electron chi connectivity index (χ0n) is 13.0. The van der Waals surface area contributed by atoms with Crippen molar-refractivity contribution in [2.45, 2.75) is 24.6 Å². The Morgan fingerprint density at radius 1 is 1.09 bits per heavy atom. The second-order valence-corrected chi connectivity index (χ2v) is 7.28. The summed E-state index contributed by atoms with van der Waals surface area (Å²) in [7, 11) is -0.944. The fraction of sp³-hybridized carbons (Fsp3) is 0.278. The first-order chi connectivity index (χ1) is 11.1. The van der Waals surface area contributed by atoms with Crippen LogP contribution in [0.2, 0.25) is 0 Å². The van der Waals surface area contributed by atoms with Crippen LogP contribution in [-0.2, 0) is 29.4 Å². The average molecular weight is 328 g/mol. The number of carbonyl (C=O) groups excluding carboxylic acids is 1. The van der Waals surface area contributed by atoms with Gasteiger partial charge in [-0.1, -0.05) is 42.5 Å². The lowest BCUT2D eigenvalue weighted by molar-refractivity contribution is 0.249. The SMILES string of the molecule is C[S@@](=O)Cc1ccccc1NC(=O)NC1Cc2ccccc2C1. The standard InChI is InChI=1S/C18H20N2O2S/c1-23(22)12-15-8-4-5-9-17(15)20-18(21)19-16-10-13-6-2-3-7-14(13)11-16/h2-9,16H,10-12H2,1H3,(H2,19,20,21)/t23-/m1/s1. The molecule has 0 unspecified atom stereocenters. The molecule has 5 heteroatoms. The van der Waals surface area contributed by atoms with E-state index in [1.807, 2.05) is 36.4 Å². The van der Waals surface area contributed by atoms with Crippen LogP contribution in [-0.4, -0.2) is 22.5 Å². The third kappa shape index (κ3) is 3.99. The number of hydrogen-bond acceptors (Lipinski definition) is 2. The predicted octanol–water partition coefficient (Wildman–Crippen LogP) is 2.85. The zero-order valence-corrected chi connectivity index (χ0v) is 13.9. The lowest BCUT2D eigenvalue weighted by Crippen LogP contribution is -2.38. The largest absolute Gasteiger partial charge is 0.334 e. The molecule has 0 saturated heterocycles. The maximum atomic E-state index is 12.3. The van der Waals surface area contributed by atoms with E-state index in [-0.39, 0.29) is 12.1 Å². The number of para-hydroxylation sites is 1. The summed E-state index contributed by atoms with van der Waals surface area (Å²) in [6.45, 7) is 0. The highest BCUT2D eigenvalue weighted by Gasteiger charge is 2.22. The summed E-state index contributed by atoms with van der Waals surface area (Å²) in [6.07, 6.45) is 3.39. The van der Waals surface area contributed by atoms with E-state index >= 15 is 0 Å². The molecule has 1 aliphatic rings. The number of carbonyl (C=O) groups is 1. The van der Waals surface area contributed by atoms with Crippen LogP contribution in [0.5, 0.6) is 0 Å². The highest BCUT2D eigenvalue weighted by atomic mass is 32.2. The number of rotatable bonds is 4. The topological polar surface area (TPSA) is 58.2 Å². The number of benzene rings is 2. The monoisotopic (exact) mass is 328 g/mol. The molecule has 0 heterocycles. The van der Waals surface area contributed by atoms with Gasteiger partial charge in [0, 0.05) is 28.8 Å². The molecule has 2 amide bonds. The van der Waals surface area contributed by atoms with Crippen molar-refractivity contribution in [2.24, 2.45) is 0 Å². The molecule has 0 radical (unpaired) electrons. The maximum absolute atomic E-state index is 12.3. The Morgan fingerprint density at radius 2 is 1.70 bits per heavy atom. The molecule has 2 aromatic carbocycles. The predicted molar refractivity (Wildman–Crippen MR) is 94.0 cm³/mol. The highest BCUT2D eigenvalue weighted by Crippen LogP contribution is 2.22. The summed E-state index contributed by atoms with van der Waals surface area (Å²) in [4.78, 5) is 12.3. The van der Waals surface area contributed by atoms with Gasteiger partial charge in [0.15, 0.2) is 0 Å². The van der Waals surface area contributed by atoms with Crippen molar-refractivity contribution in [3.63, 3.8) is 0 Å². The number of nitrogens with one attached hydrogen (secondary N) is 2. The second-order valence-electron chi connectivity index (χ2n) is 5.85. The second kappa shape index (κ2) is 6.96. The van der Waals surface area contributed by atoms with Gasteiger partial charge in [-0.2, -0.15) is 0 Å². The van der Waals surface area contributed by atoms with Gasteiger partial charge in [0.1, 0.15) is 0 Å². The molecule has 120 valence electrons. The Kier molecular flexibility index (Phi) is 4.76. The van der Waals surface area contributed by atoms with Crippen molar-refractivity contribution >= 4 is 22.5 Å². The van der Waals surface area contributed by atoms with E-state index in [9.17, 15) is 9.00 Å². The molecule has 0 saturated carbocycles. The first-order valence-corrected chi connectivity index (χ1v) is 9.37. The lowest BCUT2D eigenvalue weighted by Gasteiger charge is -2.15. The van der Waals surface area contributed by atoms with Crippen molar-refractivity contribution in [3.8, 4) is 0 Å². The van der Waals surface area contributed by atoms with Gasteiger partial charge in [-0.05, 0) is 35.6 Å². The average Bonchev–Trinajstić information content (AvgIpc) is 2.90. The molecule has 0 aromatic heterocycles. The van der Waals surface area contributed by atoms with Crippen LogP contribution in [0.3, 0.4) is 0 Å². The molecule has 1 aliphatic carbocycles. The van der Waals surface area contributed by atoms with Gasteiger partial charge in [0.2, 0.25) is 0 Å². The zero-order chi connectivity index (χ0) is 16.2. The van der Waals surface area contributed by atoms with Gasteiger partial charge < -0.3 is 10.6 Å². The van der Waals surface area contributed by atoms with Gasteiger partial charge in [-0.3, -0.25) is 4.21 Å². The van der Waals surface area contributed by atoms with Crippen molar-refractivity contribution in [1.82, 2.24) is 5.32 Å². The van der Waals surface area contributed by atoms with Crippen LogP contribution in [0.1, 0.15) is 16.7 Å².